The van der Waals surface area contributed by atoms with Crippen LogP contribution in [-0.2, 0) is 9.84 Å². The molecule has 1 fully saturated rings. The third-order valence-electron chi connectivity index (χ3n) is 2.22. The standard InChI is InChI=1S/C7H14O4S/c1-12(10,11)6(4-8)7(9)5-2-3-5/h5-9H,2-4H2,1H3/t6-,7-/m0/s1. The van der Waals surface area contributed by atoms with Crippen molar-refractivity contribution in [2.24, 2.45) is 5.92 Å². The minimum Gasteiger partial charge on any atom is -0.395 e. The Balaban J connectivity index is 2.67. The van der Waals surface area contributed by atoms with Crippen LogP contribution < -0.4 is 0 Å². The van der Waals surface area contributed by atoms with Crippen LogP contribution in [0.25, 0.3) is 0 Å². The van der Waals surface area contributed by atoms with E-state index in [2.05, 4.69) is 0 Å². The van der Waals surface area contributed by atoms with Gasteiger partial charge in [-0.2, -0.15) is 0 Å². The maximum absolute atomic E-state index is 11.0. The Morgan fingerprint density at radius 1 is 1.50 bits per heavy atom. The molecule has 0 spiro atoms. The lowest BCUT2D eigenvalue weighted by atomic mass is 10.2. The first-order valence-corrected chi connectivity index (χ1v) is 5.90. The van der Waals surface area contributed by atoms with Gasteiger partial charge in [0.05, 0.1) is 12.7 Å². The second kappa shape index (κ2) is 3.32. The van der Waals surface area contributed by atoms with Crippen LogP contribution >= 0.6 is 0 Å². The molecule has 72 valence electrons. The van der Waals surface area contributed by atoms with Crippen LogP contribution in [0.1, 0.15) is 12.8 Å². The molecular weight excluding hydrogens is 180 g/mol. The van der Waals surface area contributed by atoms with Crippen LogP contribution in [0.5, 0.6) is 0 Å². The zero-order chi connectivity index (χ0) is 9.35. The number of hydrogen-bond acceptors (Lipinski definition) is 4. The first-order chi connectivity index (χ1) is 5.46. The molecule has 0 radical (unpaired) electrons. The minimum atomic E-state index is -3.32. The average molecular weight is 194 g/mol. The summed E-state index contributed by atoms with van der Waals surface area (Å²) in [7, 11) is -3.32. The summed E-state index contributed by atoms with van der Waals surface area (Å²) in [6.07, 6.45) is 1.89. The first-order valence-electron chi connectivity index (χ1n) is 3.94. The smallest absolute Gasteiger partial charge is 0.155 e. The highest BCUT2D eigenvalue weighted by Gasteiger charge is 2.39. The predicted octanol–water partition coefficient (Wildman–Crippen LogP) is -0.837. The lowest BCUT2D eigenvalue weighted by molar-refractivity contribution is 0.118. The van der Waals surface area contributed by atoms with Crippen LogP contribution in [0, 0.1) is 5.92 Å². The van der Waals surface area contributed by atoms with Crippen molar-refractivity contribution in [3.05, 3.63) is 0 Å². The maximum Gasteiger partial charge on any atom is 0.155 e. The number of aliphatic hydroxyl groups is 2. The van der Waals surface area contributed by atoms with Crippen molar-refractivity contribution in [1.82, 2.24) is 0 Å². The third kappa shape index (κ3) is 2.18. The van der Waals surface area contributed by atoms with E-state index < -0.39 is 27.8 Å². The molecule has 0 amide bonds. The van der Waals surface area contributed by atoms with Crippen molar-refractivity contribution < 1.29 is 18.6 Å². The van der Waals surface area contributed by atoms with Gasteiger partial charge in [0.1, 0.15) is 5.25 Å². The van der Waals surface area contributed by atoms with Gasteiger partial charge in [0.15, 0.2) is 9.84 Å². The van der Waals surface area contributed by atoms with Crippen molar-refractivity contribution in [3.63, 3.8) is 0 Å². The zero-order valence-corrected chi connectivity index (χ0v) is 7.79. The van der Waals surface area contributed by atoms with Gasteiger partial charge in [-0.05, 0) is 18.8 Å². The van der Waals surface area contributed by atoms with E-state index in [1.807, 2.05) is 0 Å². The molecule has 0 aliphatic heterocycles. The van der Waals surface area contributed by atoms with Crippen LogP contribution in [-0.4, -0.2) is 42.8 Å². The molecule has 1 saturated carbocycles. The number of sulfone groups is 1. The second-order valence-corrected chi connectivity index (χ2v) is 5.64. The van der Waals surface area contributed by atoms with Gasteiger partial charge < -0.3 is 10.2 Å². The van der Waals surface area contributed by atoms with Crippen LogP contribution in [0.3, 0.4) is 0 Å². The highest BCUT2D eigenvalue weighted by Crippen LogP contribution is 2.35. The Hall–Kier alpha value is -0.130. The van der Waals surface area contributed by atoms with Gasteiger partial charge in [-0.25, -0.2) is 8.42 Å². The SMILES string of the molecule is CS(=O)(=O)[C@@H](CO)[C@@H](O)C1CC1. The maximum atomic E-state index is 11.0. The van der Waals surface area contributed by atoms with E-state index in [1.165, 1.54) is 0 Å². The van der Waals surface area contributed by atoms with Crippen LogP contribution in [0.4, 0.5) is 0 Å². The zero-order valence-electron chi connectivity index (χ0n) is 6.97. The fraction of sp³-hybridized carbons (Fsp3) is 1.00. The summed E-state index contributed by atoms with van der Waals surface area (Å²) >= 11 is 0. The Morgan fingerprint density at radius 3 is 2.25 bits per heavy atom. The molecule has 0 aromatic heterocycles. The van der Waals surface area contributed by atoms with Crippen molar-refractivity contribution in [2.75, 3.05) is 12.9 Å². The Labute approximate surface area is 72.1 Å². The van der Waals surface area contributed by atoms with Crippen LogP contribution in [0.15, 0.2) is 0 Å². The van der Waals surface area contributed by atoms with Crippen molar-refractivity contribution in [3.8, 4) is 0 Å². The molecular formula is C7H14O4S. The van der Waals surface area contributed by atoms with E-state index in [1.54, 1.807) is 0 Å². The lowest BCUT2D eigenvalue weighted by Gasteiger charge is -2.18. The van der Waals surface area contributed by atoms with Gasteiger partial charge in [0.2, 0.25) is 0 Å². The third-order valence-corrected chi connectivity index (χ3v) is 3.74. The molecule has 2 N–H and O–H groups in total. The molecule has 12 heavy (non-hydrogen) atoms. The predicted molar refractivity (Wildman–Crippen MR) is 44.4 cm³/mol. The van der Waals surface area contributed by atoms with Gasteiger partial charge >= 0.3 is 0 Å². The summed E-state index contributed by atoms with van der Waals surface area (Å²) in [6, 6.07) is 0. The number of rotatable bonds is 4. The summed E-state index contributed by atoms with van der Waals surface area (Å²) in [4.78, 5) is 0. The fourth-order valence-electron chi connectivity index (χ4n) is 1.24. The van der Waals surface area contributed by atoms with E-state index in [9.17, 15) is 13.5 Å². The monoisotopic (exact) mass is 194 g/mol. The van der Waals surface area contributed by atoms with Crippen molar-refractivity contribution in [2.45, 2.75) is 24.2 Å². The number of aliphatic hydroxyl groups excluding tert-OH is 2. The van der Waals surface area contributed by atoms with Gasteiger partial charge in [0.25, 0.3) is 0 Å². The van der Waals surface area contributed by atoms with Crippen LogP contribution in [0.2, 0.25) is 0 Å². The topological polar surface area (TPSA) is 74.6 Å². The summed E-state index contributed by atoms with van der Waals surface area (Å²) < 4.78 is 22.0. The first kappa shape index (κ1) is 9.95. The highest BCUT2D eigenvalue weighted by molar-refractivity contribution is 7.91. The van der Waals surface area contributed by atoms with E-state index in [-0.39, 0.29) is 5.92 Å². The Kier molecular flexibility index (Phi) is 2.75. The molecule has 0 aromatic rings. The molecule has 1 rings (SSSR count). The molecule has 0 unspecified atom stereocenters. The molecule has 0 aromatic carbocycles. The second-order valence-electron chi connectivity index (χ2n) is 3.38. The largest absolute Gasteiger partial charge is 0.395 e. The average Bonchev–Trinajstić information content (AvgIpc) is 2.65. The van der Waals surface area contributed by atoms with Gasteiger partial charge in [0, 0.05) is 6.26 Å². The van der Waals surface area contributed by atoms with E-state index >= 15 is 0 Å². The highest BCUT2D eigenvalue weighted by atomic mass is 32.2. The van der Waals surface area contributed by atoms with Gasteiger partial charge in [-0.3, -0.25) is 0 Å². The van der Waals surface area contributed by atoms with Gasteiger partial charge in [-0.15, -0.1) is 0 Å². The molecule has 0 bridgehead atoms. The quantitative estimate of drug-likeness (QED) is 0.612. The molecule has 0 saturated heterocycles. The normalized spacial score (nSPS) is 23.6. The minimum absolute atomic E-state index is 0.0804. The van der Waals surface area contributed by atoms with Crippen molar-refractivity contribution in [1.29, 1.82) is 0 Å². The Morgan fingerprint density at radius 2 is 2.00 bits per heavy atom. The van der Waals surface area contributed by atoms with E-state index in [4.69, 9.17) is 5.11 Å². The molecule has 1 aliphatic carbocycles. The number of hydrogen-bond donors (Lipinski definition) is 2. The molecule has 0 heterocycles. The van der Waals surface area contributed by atoms with Crippen molar-refractivity contribution >= 4 is 9.84 Å². The molecule has 5 heteroatoms. The molecule has 4 nitrogen and oxygen atoms in total. The van der Waals surface area contributed by atoms with E-state index in [0.717, 1.165) is 19.1 Å². The van der Waals surface area contributed by atoms with Gasteiger partial charge in [-0.1, -0.05) is 0 Å². The van der Waals surface area contributed by atoms with E-state index in [0.29, 0.717) is 0 Å². The summed E-state index contributed by atoms with van der Waals surface area (Å²) in [6.45, 7) is -0.490. The fourth-order valence-corrected chi connectivity index (χ4v) is 2.24. The lowest BCUT2D eigenvalue weighted by Crippen LogP contribution is -2.37. The summed E-state index contributed by atoms with van der Waals surface area (Å²) in [5.41, 5.74) is 0. The molecule has 2 atom stereocenters. The summed E-state index contributed by atoms with van der Waals surface area (Å²) in [5, 5.41) is 17.2. The summed E-state index contributed by atoms with van der Waals surface area (Å²) in [5.74, 6) is 0.0804. The Bertz CT molecular complexity index is 242. The molecule has 1 aliphatic rings.